The first-order valence-electron chi connectivity index (χ1n) is 12.6. The number of rotatable bonds is 7. The monoisotopic (exact) mass is 480 g/mol. The predicted octanol–water partition coefficient (Wildman–Crippen LogP) is 6.56. The molecule has 34 heavy (non-hydrogen) atoms. The number of thiophene rings is 1. The summed E-state index contributed by atoms with van der Waals surface area (Å²) in [7, 11) is 0. The lowest BCUT2D eigenvalue weighted by Gasteiger charge is -2.44. The Bertz CT molecular complexity index is 1110. The molecule has 3 nitrogen and oxygen atoms in total. The fourth-order valence-electron chi connectivity index (χ4n) is 5.52. The van der Waals surface area contributed by atoms with Crippen LogP contribution in [0.2, 0.25) is 0 Å². The van der Waals surface area contributed by atoms with Crippen LogP contribution in [-0.2, 0) is 6.42 Å². The Balaban J connectivity index is 1.39. The molecule has 5 rings (SSSR count). The lowest BCUT2D eigenvalue weighted by atomic mass is 9.85. The van der Waals surface area contributed by atoms with Crippen LogP contribution >= 0.6 is 11.3 Å². The van der Waals surface area contributed by atoms with Crippen LogP contribution in [0.3, 0.4) is 0 Å². The fraction of sp³-hybridized carbons (Fsp3) is 0.517. The van der Waals surface area contributed by atoms with E-state index in [1.54, 1.807) is 0 Å². The standard InChI is InChI=1S/C29H37FN2OS/c1-20-15-26-27(24-7-5-6-8-25(24)34-26)28(32(20)19-29(2,3)4)22-9-11-23(12-10-22)33-14-13-31-17-21(16-30)18-31/h5-12,20-21,28H,13-19H2,1-4H3/t20-,28-/m0/s1. The molecule has 3 aromatic rings. The van der Waals surface area contributed by atoms with Gasteiger partial charge in [0.1, 0.15) is 12.4 Å². The minimum Gasteiger partial charge on any atom is -0.492 e. The number of fused-ring (bicyclic) bond motifs is 3. The van der Waals surface area contributed by atoms with Gasteiger partial charge in [-0.15, -0.1) is 11.3 Å². The minimum absolute atomic E-state index is 0.202. The number of benzene rings is 2. The van der Waals surface area contributed by atoms with Crippen LogP contribution in [0.15, 0.2) is 48.5 Å². The summed E-state index contributed by atoms with van der Waals surface area (Å²) in [6.45, 7) is 13.5. The van der Waals surface area contributed by atoms with Crippen LogP contribution in [0.4, 0.5) is 4.39 Å². The highest BCUT2D eigenvalue weighted by atomic mass is 32.1. The third kappa shape index (κ3) is 4.89. The van der Waals surface area contributed by atoms with Crippen molar-refractivity contribution in [2.45, 2.75) is 46.2 Å². The molecule has 2 aromatic carbocycles. The van der Waals surface area contributed by atoms with Crippen LogP contribution in [-0.4, -0.2) is 55.3 Å². The van der Waals surface area contributed by atoms with Gasteiger partial charge in [0, 0.05) is 47.7 Å². The molecule has 1 saturated heterocycles. The number of hydrogen-bond acceptors (Lipinski definition) is 4. The summed E-state index contributed by atoms with van der Waals surface area (Å²) in [5, 5.41) is 1.40. The van der Waals surface area contributed by atoms with Crippen molar-refractivity contribution in [3.8, 4) is 5.75 Å². The van der Waals surface area contributed by atoms with Gasteiger partial charge in [-0.3, -0.25) is 14.2 Å². The zero-order valence-electron chi connectivity index (χ0n) is 20.9. The number of likely N-dealkylation sites (tertiary alicyclic amines) is 1. The van der Waals surface area contributed by atoms with Gasteiger partial charge in [0.05, 0.1) is 12.7 Å². The Kier molecular flexibility index (Phi) is 6.71. The molecule has 0 amide bonds. The van der Waals surface area contributed by atoms with Gasteiger partial charge >= 0.3 is 0 Å². The number of nitrogens with zero attached hydrogens (tertiary/aromatic N) is 2. The van der Waals surface area contributed by atoms with Gasteiger partial charge < -0.3 is 4.74 Å². The molecule has 0 saturated carbocycles. The van der Waals surface area contributed by atoms with E-state index >= 15 is 0 Å². The quantitative estimate of drug-likeness (QED) is 0.381. The van der Waals surface area contributed by atoms with Crippen molar-refractivity contribution in [1.29, 1.82) is 0 Å². The van der Waals surface area contributed by atoms with Crippen LogP contribution in [0.5, 0.6) is 5.75 Å². The number of halogens is 1. The van der Waals surface area contributed by atoms with E-state index in [1.807, 2.05) is 11.3 Å². The Morgan fingerprint density at radius 2 is 1.79 bits per heavy atom. The van der Waals surface area contributed by atoms with E-state index in [4.69, 9.17) is 4.74 Å². The second-order valence-corrected chi connectivity index (χ2v) is 12.5. The zero-order valence-corrected chi connectivity index (χ0v) is 21.7. The molecule has 3 heterocycles. The van der Waals surface area contributed by atoms with E-state index < -0.39 is 0 Å². The number of ether oxygens (including phenoxy) is 1. The lowest BCUT2D eigenvalue weighted by Crippen LogP contribution is -2.49. The molecule has 0 aliphatic carbocycles. The Hall–Kier alpha value is -1.95. The fourth-order valence-corrected chi connectivity index (χ4v) is 6.88. The summed E-state index contributed by atoms with van der Waals surface area (Å²) in [5.74, 6) is 1.14. The molecular weight excluding hydrogens is 443 g/mol. The van der Waals surface area contributed by atoms with E-state index in [-0.39, 0.29) is 24.0 Å². The first-order valence-corrected chi connectivity index (χ1v) is 13.4. The second-order valence-electron chi connectivity index (χ2n) is 11.3. The molecule has 2 atom stereocenters. The van der Waals surface area contributed by atoms with Crippen molar-refractivity contribution in [3.05, 3.63) is 64.5 Å². The molecular formula is C29H37FN2OS. The molecule has 0 bridgehead atoms. The van der Waals surface area contributed by atoms with E-state index in [2.05, 4.69) is 86.0 Å². The van der Waals surface area contributed by atoms with Crippen molar-refractivity contribution in [2.24, 2.45) is 11.3 Å². The van der Waals surface area contributed by atoms with E-state index in [0.717, 1.165) is 38.3 Å². The van der Waals surface area contributed by atoms with E-state index in [1.165, 1.54) is 26.1 Å². The third-order valence-corrected chi connectivity index (χ3v) is 8.35. The van der Waals surface area contributed by atoms with Crippen LogP contribution in [0.25, 0.3) is 10.1 Å². The smallest absolute Gasteiger partial charge is 0.119 e. The maximum atomic E-state index is 12.6. The normalized spacial score (nSPS) is 22.0. The molecule has 0 unspecified atom stereocenters. The van der Waals surface area contributed by atoms with Crippen LogP contribution in [0.1, 0.15) is 49.7 Å². The average molecular weight is 481 g/mol. The summed E-state index contributed by atoms with van der Waals surface area (Å²) in [4.78, 5) is 6.50. The predicted molar refractivity (Wildman–Crippen MR) is 141 cm³/mol. The summed E-state index contributed by atoms with van der Waals surface area (Å²) >= 11 is 1.97. The summed E-state index contributed by atoms with van der Waals surface area (Å²) in [6, 6.07) is 18.4. The van der Waals surface area contributed by atoms with Crippen LogP contribution < -0.4 is 4.74 Å². The maximum Gasteiger partial charge on any atom is 0.119 e. The highest BCUT2D eigenvalue weighted by molar-refractivity contribution is 7.19. The van der Waals surface area contributed by atoms with Crippen LogP contribution in [0, 0.1) is 11.3 Å². The Morgan fingerprint density at radius 1 is 1.06 bits per heavy atom. The van der Waals surface area contributed by atoms with E-state index in [9.17, 15) is 4.39 Å². The van der Waals surface area contributed by atoms with Crippen molar-refractivity contribution < 1.29 is 9.13 Å². The SMILES string of the molecule is C[C@H]1Cc2sc3ccccc3c2[C@H](c2ccc(OCCN3CC(CF)C3)cc2)N1CC(C)(C)C. The number of alkyl halides is 1. The van der Waals surface area contributed by atoms with Crippen molar-refractivity contribution >= 4 is 21.4 Å². The summed E-state index contributed by atoms with van der Waals surface area (Å²) in [5.41, 5.74) is 3.05. The van der Waals surface area contributed by atoms with Crippen molar-refractivity contribution in [2.75, 3.05) is 39.5 Å². The van der Waals surface area contributed by atoms with Gasteiger partial charge in [-0.05, 0) is 53.5 Å². The second kappa shape index (κ2) is 9.60. The molecule has 0 N–H and O–H groups in total. The van der Waals surface area contributed by atoms with E-state index in [0.29, 0.717) is 12.6 Å². The van der Waals surface area contributed by atoms with Gasteiger partial charge in [-0.2, -0.15) is 0 Å². The topological polar surface area (TPSA) is 15.7 Å². The molecule has 2 aliphatic heterocycles. The lowest BCUT2D eigenvalue weighted by molar-refractivity contribution is 0.0668. The molecule has 1 fully saturated rings. The van der Waals surface area contributed by atoms with Gasteiger partial charge in [-0.25, -0.2) is 0 Å². The molecule has 5 heteroatoms. The van der Waals surface area contributed by atoms with Gasteiger partial charge in [0.15, 0.2) is 0 Å². The van der Waals surface area contributed by atoms with Crippen molar-refractivity contribution in [3.63, 3.8) is 0 Å². The first kappa shape index (κ1) is 23.8. The molecule has 182 valence electrons. The maximum absolute atomic E-state index is 12.6. The largest absolute Gasteiger partial charge is 0.492 e. The molecule has 2 aliphatic rings. The minimum atomic E-state index is -0.202. The first-order chi connectivity index (χ1) is 16.3. The Morgan fingerprint density at radius 3 is 2.50 bits per heavy atom. The molecule has 0 spiro atoms. The van der Waals surface area contributed by atoms with Gasteiger partial charge in [0.25, 0.3) is 0 Å². The third-order valence-electron chi connectivity index (χ3n) is 7.14. The highest BCUT2D eigenvalue weighted by Gasteiger charge is 2.37. The number of hydrogen-bond donors (Lipinski definition) is 0. The summed E-state index contributed by atoms with van der Waals surface area (Å²) in [6.07, 6.45) is 1.11. The van der Waals surface area contributed by atoms with Crippen molar-refractivity contribution in [1.82, 2.24) is 9.80 Å². The molecule has 0 radical (unpaired) electrons. The van der Waals surface area contributed by atoms with Gasteiger partial charge in [-0.1, -0.05) is 51.1 Å². The zero-order chi connectivity index (χ0) is 23.9. The Labute approximate surface area is 207 Å². The highest BCUT2D eigenvalue weighted by Crippen LogP contribution is 2.46. The molecule has 1 aromatic heterocycles. The average Bonchev–Trinajstić information content (AvgIpc) is 3.13. The van der Waals surface area contributed by atoms with Gasteiger partial charge in [0.2, 0.25) is 0 Å². The summed E-state index contributed by atoms with van der Waals surface area (Å²) < 4.78 is 20.1.